The van der Waals surface area contributed by atoms with Gasteiger partial charge in [-0.2, -0.15) is 0 Å². The summed E-state index contributed by atoms with van der Waals surface area (Å²) in [5, 5.41) is 3.49. The Morgan fingerprint density at radius 2 is 1.67 bits per heavy atom. The van der Waals surface area contributed by atoms with Crippen molar-refractivity contribution in [2.75, 3.05) is 5.32 Å². The van der Waals surface area contributed by atoms with E-state index >= 15 is 0 Å². The third-order valence-electron chi connectivity index (χ3n) is 3.77. The highest BCUT2D eigenvalue weighted by atomic mass is 35.5. The molecule has 0 heterocycles. The van der Waals surface area contributed by atoms with Gasteiger partial charge in [-0.05, 0) is 53.8 Å². The van der Waals surface area contributed by atoms with Gasteiger partial charge in [0.25, 0.3) is 5.91 Å². The molecule has 0 saturated heterocycles. The van der Waals surface area contributed by atoms with Crippen molar-refractivity contribution in [2.45, 2.75) is 45.6 Å². The zero-order valence-corrected chi connectivity index (χ0v) is 15.4. The normalized spacial score (nSPS) is 12.5. The van der Waals surface area contributed by atoms with Gasteiger partial charge in [0.1, 0.15) is 5.75 Å². The largest absolute Gasteiger partial charge is 0.481 e. The lowest BCUT2D eigenvalue weighted by atomic mass is 9.87. The number of hydrogen-bond donors (Lipinski definition) is 1. The predicted octanol–water partition coefficient (Wildman–Crippen LogP) is 5.43. The Morgan fingerprint density at radius 1 is 1.08 bits per heavy atom. The summed E-state index contributed by atoms with van der Waals surface area (Å²) < 4.78 is 5.85. The zero-order chi connectivity index (χ0) is 17.7. The van der Waals surface area contributed by atoms with E-state index in [1.165, 1.54) is 5.56 Å². The van der Waals surface area contributed by atoms with Crippen LogP contribution >= 0.6 is 11.6 Å². The Morgan fingerprint density at radius 3 is 2.17 bits per heavy atom. The second-order valence-electron chi connectivity index (χ2n) is 6.79. The average molecular weight is 346 g/mol. The molecule has 0 bridgehead atoms. The second-order valence-corrected chi connectivity index (χ2v) is 7.22. The van der Waals surface area contributed by atoms with E-state index in [9.17, 15) is 4.79 Å². The van der Waals surface area contributed by atoms with Crippen molar-refractivity contribution < 1.29 is 9.53 Å². The van der Waals surface area contributed by atoms with Crippen LogP contribution in [0.25, 0.3) is 0 Å². The van der Waals surface area contributed by atoms with Crippen LogP contribution in [0.5, 0.6) is 5.75 Å². The van der Waals surface area contributed by atoms with Crippen LogP contribution in [0.3, 0.4) is 0 Å². The van der Waals surface area contributed by atoms with Gasteiger partial charge in [-0.25, -0.2) is 0 Å². The van der Waals surface area contributed by atoms with Crippen LogP contribution in [0.1, 0.15) is 39.7 Å². The SMILES string of the molecule is CC[C@@H](Oc1ccc(C(C)(C)C)cc1)C(=O)Nc1ccc(Cl)cc1. The summed E-state index contributed by atoms with van der Waals surface area (Å²) in [6.07, 6.45) is 0.0432. The van der Waals surface area contributed by atoms with Crippen LogP contribution in [-0.2, 0) is 10.2 Å². The van der Waals surface area contributed by atoms with Crippen LogP contribution in [0.2, 0.25) is 5.02 Å². The topological polar surface area (TPSA) is 38.3 Å². The summed E-state index contributed by atoms with van der Waals surface area (Å²) in [6, 6.07) is 14.9. The Bertz CT molecular complexity index is 672. The highest BCUT2D eigenvalue weighted by Gasteiger charge is 2.19. The number of anilines is 1. The lowest BCUT2D eigenvalue weighted by Crippen LogP contribution is -2.32. The lowest BCUT2D eigenvalue weighted by molar-refractivity contribution is -0.122. The minimum absolute atomic E-state index is 0.0919. The van der Waals surface area contributed by atoms with Crippen LogP contribution in [0.15, 0.2) is 48.5 Å². The molecule has 24 heavy (non-hydrogen) atoms. The number of amides is 1. The maximum absolute atomic E-state index is 12.4. The quantitative estimate of drug-likeness (QED) is 0.784. The summed E-state index contributed by atoms with van der Waals surface area (Å²) >= 11 is 5.85. The van der Waals surface area contributed by atoms with Crippen molar-refractivity contribution in [1.29, 1.82) is 0 Å². The van der Waals surface area contributed by atoms with Crippen molar-refractivity contribution in [2.24, 2.45) is 0 Å². The zero-order valence-electron chi connectivity index (χ0n) is 14.6. The summed E-state index contributed by atoms with van der Waals surface area (Å²) in [4.78, 5) is 12.4. The number of benzene rings is 2. The van der Waals surface area contributed by atoms with Crippen molar-refractivity contribution in [1.82, 2.24) is 0 Å². The predicted molar refractivity (Wildman–Crippen MR) is 99.9 cm³/mol. The van der Waals surface area contributed by atoms with Gasteiger partial charge < -0.3 is 10.1 Å². The molecule has 2 aromatic carbocycles. The molecule has 4 heteroatoms. The van der Waals surface area contributed by atoms with Gasteiger partial charge in [-0.3, -0.25) is 4.79 Å². The van der Waals surface area contributed by atoms with E-state index in [-0.39, 0.29) is 11.3 Å². The Balaban J connectivity index is 2.03. The highest BCUT2D eigenvalue weighted by Crippen LogP contribution is 2.25. The fourth-order valence-electron chi connectivity index (χ4n) is 2.28. The van der Waals surface area contributed by atoms with Gasteiger partial charge in [0.15, 0.2) is 6.10 Å². The molecule has 1 amide bonds. The molecule has 0 radical (unpaired) electrons. The molecule has 1 N–H and O–H groups in total. The minimum atomic E-state index is -0.541. The van der Waals surface area contributed by atoms with E-state index in [0.29, 0.717) is 22.9 Å². The standard InChI is InChI=1S/C20H24ClNO2/c1-5-18(19(23)22-16-10-8-15(21)9-11-16)24-17-12-6-14(7-13-17)20(2,3)4/h6-13,18H,5H2,1-4H3,(H,22,23)/t18-/m1/s1. The molecule has 0 fully saturated rings. The van der Waals surface area contributed by atoms with E-state index in [2.05, 4.69) is 26.1 Å². The van der Waals surface area contributed by atoms with E-state index in [4.69, 9.17) is 16.3 Å². The lowest BCUT2D eigenvalue weighted by Gasteiger charge is -2.21. The van der Waals surface area contributed by atoms with Crippen molar-refractivity contribution >= 4 is 23.2 Å². The molecule has 0 unspecified atom stereocenters. The van der Waals surface area contributed by atoms with Gasteiger partial charge in [0, 0.05) is 10.7 Å². The smallest absolute Gasteiger partial charge is 0.265 e. The molecule has 0 saturated carbocycles. The van der Waals surface area contributed by atoms with Crippen molar-refractivity contribution in [3.63, 3.8) is 0 Å². The maximum Gasteiger partial charge on any atom is 0.265 e. The molecule has 2 aromatic rings. The first-order valence-electron chi connectivity index (χ1n) is 8.13. The average Bonchev–Trinajstić information content (AvgIpc) is 2.54. The van der Waals surface area contributed by atoms with Crippen LogP contribution in [0, 0.1) is 0 Å². The molecule has 0 aliphatic rings. The van der Waals surface area contributed by atoms with E-state index in [1.54, 1.807) is 24.3 Å². The molecule has 0 aliphatic heterocycles. The van der Waals surface area contributed by atoms with E-state index < -0.39 is 6.10 Å². The molecule has 0 aromatic heterocycles. The number of carbonyl (C=O) groups excluding carboxylic acids is 1. The first-order chi connectivity index (χ1) is 11.3. The van der Waals surface area contributed by atoms with Crippen LogP contribution in [0.4, 0.5) is 5.69 Å². The summed E-state index contributed by atoms with van der Waals surface area (Å²) in [7, 11) is 0. The fraction of sp³-hybridized carbons (Fsp3) is 0.350. The molecule has 0 aliphatic carbocycles. The number of hydrogen-bond acceptors (Lipinski definition) is 2. The molecule has 3 nitrogen and oxygen atoms in total. The first kappa shape index (κ1) is 18.3. The third-order valence-corrected chi connectivity index (χ3v) is 4.03. The van der Waals surface area contributed by atoms with E-state index in [1.807, 2.05) is 31.2 Å². The monoisotopic (exact) mass is 345 g/mol. The van der Waals surface area contributed by atoms with Crippen LogP contribution < -0.4 is 10.1 Å². The van der Waals surface area contributed by atoms with E-state index in [0.717, 1.165) is 0 Å². The molecule has 128 valence electrons. The number of nitrogens with one attached hydrogen (secondary N) is 1. The Kier molecular flexibility index (Phi) is 5.89. The molecule has 2 rings (SSSR count). The van der Waals surface area contributed by atoms with Gasteiger partial charge in [0.05, 0.1) is 0 Å². The summed E-state index contributed by atoms with van der Waals surface area (Å²) in [5.41, 5.74) is 2.03. The molecular weight excluding hydrogens is 322 g/mol. The van der Waals surface area contributed by atoms with Crippen LogP contribution in [-0.4, -0.2) is 12.0 Å². The summed E-state index contributed by atoms with van der Waals surface area (Å²) in [5.74, 6) is 0.529. The second kappa shape index (κ2) is 7.71. The molecule has 0 spiro atoms. The van der Waals surface area contributed by atoms with Gasteiger partial charge in [0.2, 0.25) is 0 Å². The number of halogens is 1. The number of carbonyl (C=O) groups is 1. The highest BCUT2D eigenvalue weighted by molar-refractivity contribution is 6.30. The first-order valence-corrected chi connectivity index (χ1v) is 8.51. The fourth-order valence-corrected chi connectivity index (χ4v) is 2.40. The minimum Gasteiger partial charge on any atom is -0.481 e. The summed E-state index contributed by atoms with van der Waals surface area (Å²) in [6.45, 7) is 8.42. The molecular formula is C20H24ClNO2. The maximum atomic E-state index is 12.4. The third kappa shape index (κ3) is 5.00. The van der Waals surface area contributed by atoms with Crippen molar-refractivity contribution in [3.05, 3.63) is 59.1 Å². The van der Waals surface area contributed by atoms with Gasteiger partial charge in [-0.1, -0.05) is 51.4 Å². The Hall–Kier alpha value is -2.00. The Labute approximate surface area is 149 Å². The number of rotatable bonds is 5. The molecule has 1 atom stereocenters. The van der Waals surface area contributed by atoms with Crippen molar-refractivity contribution in [3.8, 4) is 5.75 Å². The number of ether oxygens (including phenoxy) is 1. The van der Waals surface area contributed by atoms with Gasteiger partial charge in [-0.15, -0.1) is 0 Å². The van der Waals surface area contributed by atoms with Gasteiger partial charge >= 0.3 is 0 Å².